The average Bonchev–Trinajstić information content (AvgIpc) is 2.73. The number of hydrogen-bond acceptors (Lipinski definition) is 5. The van der Waals surface area contributed by atoms with Crippen molar-refractivity contribution < 1.29 is 14.3 Å². The zero-order valence-electron chi connectivity index (χ0n) is 15.9. The van der Waals surface area contributed by atoms with E-state index in [0.29, 0.717) is 11.8 Å². The summed E-state index contributed by atoms with van der Waals surface area (Å²) in [4.78, 5) is 19.8. The van der Waals surface area contributed by atoms with Crippen LogP contribution in [0, 0.1) is 11.8 Å². The third-order valence-electron chi connectivity index (χ3n) is 6.31. The first-order valence-electron chi connectivity index (χ1n) is 9.53. The molecule has 1 aromatic heterocycles. The van der Waals surface area contributed by atoms with E-state index in [-0.39, 0.29) is 17.9 Å². The summed E-state index contributed by atoms with van der Waals surface area (Å²) in [6, 6.07) is 7.90. The van der Waals surface area contributed by atoms with Crippen molar-refractivity contribution in [2.75, 3.05) is 27.3 Å². The maximum absolute atomic E-state index is 12.9. The lowest BCUT2D eigenvalue weighted by atomic mass is 9.71. The maximum Gasteiger partial charge on any atom is 0.314 e. The topological polar surface area (TPSA) is 51.7 Å². The molecule has 1 aromatic carbocycles. The number of carbonyl (C=O) groups is 1. The monoisotopic (exact) mass is 366 g/mol. The van der Waals surface area contributed by atoms with Gasteiger partial charge in [0.2, 0.25) is 0 Å². The van der Waals surface area contributed by atoms with Gasteiger partial charge in [0.1, 0.15) is 5.75 Å². The van der Waals surface area contributed by atoms with Gasteiger partial charge in [-0.2, -0.15) is 0 Å². The molecular formula is C22H26N2O3. The Morgan fingerprint density at radius 1 is 1.37 bits per heavy atom. The van der Waals surface area contributed by atoms with Gasteiger partial charge >= 0.3 is 5.97 Å². The molecule has 5 heteroatoms. The van der Waals surface area contributed by atoms with Crippen molar-refractivity contribution >= 4 is 16.9 Å². The van der Waals surface area contributed by atoms with Crippen LogP contribution in [0.25, 0.3) is 10.9 Å². The van der Waals surface area contributed by atoms with Crippen LogP contribution < -0.4 is 4.74 Å². The number of carbonyl (C=O) groups excluding carboxylic acids is 1. The molecule has 0 amide bonds. The van der Waals surface area contributed by atoms with Crippen LogP contribution >= 0.6 is 0 Å². The molecular weight excluding hydrogens is 340 g/mol. The first-order chi connectivity index (χ1) is 13.2. The van der Waals surface area contributed by atoms with E-state index >= 15 is 0 Å². The van der Waals surface area contributed by atoms with Gasteiger partial charge in [-0.25, -0.2) is 0 Å². The summed E-state index contributed by atoms with van der Waals surface area (Å²) in [5.41, 5.74) is 1.83. The number of fused-ring (bicyclic) bond motifs is 4. The standard InChI is InChI=1S/C22H26N2O3/c1-4-14-13-24-10-8-15(14)11-20(24)21(22(25)27-3)17-7-9-23-19-6-5-16(26-2)12-18(17)19/h4-7,9,12,14-15,20-21H,1,8,10-11,13H2,2-3H3. The normalized spacial score (nSPS) is 27.9. The third-order valence-corrected chi connectivity index (χ3v) is 6.31. The van der Waals surface area contributed by atoms with Crippen molar-refractivity contribution in [3.8, 4) is 5.75 Å². The third kappa shape index (κ3) is 3.10. The van der Waals surface area contributed by atoms with Gasteiger partial charge < -0.3 is 9.47 Å². The SMILES string of the molecule is C=CC1CN2CCC1CC2C(C(=O)OC)c1ccnc2ccc(OC)cc12. The summed E-state index contributed by atoms with van der Waals surface area (Å²) < 4.78 is 10.7. The van der Waals surface area contributed by atoms with Crippen molar-refractivity contribution in [1.82, 2.24) is 9.88 Å². The largest absolute Gasteiger partial charge is 0.497 e. The molecule has 3 fully saturated rings. The number of ether oxygens (including phenoxy) is 2. The lowest BCUT2D eigenvalue weighted by molar-refractivity contribution is -0.146. The van der Waals surface area contributed by atoms with Crippen LogP contribution in [0.2, 0.25) is 0 Å². The van der Waals surface area contributed by atoms with Gasteiger partial charge in [-0.3, -0.25) is 14.7 Å². The second-order valence-electron chi connectivity index (χ2n) is 7.53. The maximum atomic E-state index is 12.9. The molecule has 0 N–H and O–H groups in total. The predicted octanol–water partition coefficient (Wildman–Crippen LogP) is 3.40. The van der Waals surface area contributed by atoms with Crippen LogP contribution in [0.3, 0.4) is 0 Å². The molecule has 27 heavy (non-hydrogen) atoms. The number of piperidine rings is 3. The van der Waals surface area contributed by atoms with Crippen LogP contribution in [0.4, 0.5) is 0 Å². The van der Waals surface area contributed by atoms with Crippen LogP contribution in [-0.4, -0.2) is 49.2 Å². The van der Waals surface area contributed by atoms with E-state index in [4.69, 9.17) is 9.47 Å². The van der Waals surface area contributed by atoms with E-state index in [0.717, 1.165) is 41.7 Å². The van der Waals surface area contributed by atoms with Crippen molar-refractivity contribution in [2.24, 2.45) is 11.8 Å². The number of pyridine rings is 1. The fraction of sp³-hybridized carbons (Fsp3) is 0.455. The molecule has 3 saturated heterocycles. The van der Waals surface area contributed by atoms with Gasteiger partial charge in [-0.1, -0.05) is 6.08 Å². The molecule has 142 valence electrons. The fourth-order valence-corrected chi connectivity index (χ4v) is 4.89. The van der Waals surface area contributed by atoms with E-state index < -0.39 is 0 Å². The second-order valence-corrected chi connectivity index (χ2v) is 7.53. The number of benzene rings is 1. The zero-order chi connectivity index (χ0) is 19.0. The van der Waals surface area contributed by atoms with Gasteiger partial charge in [0, 0.05) is 24.2 Å². The second kappa shape index (κ2) is 7.31. The summed E-state index contributed by atoms with van der Waals surface area (Å²) in [6.45, 7) is 6.00. The highest BCUT2D eigenvalue weighted by Gasteiger charge is 2.45. The zero-order valence-corrected chi connectivity index (χ0v) is 15.9. The van der Waals surface area contributed by atoms with Gasteiger partial charge in [0.15, 0.2) is 0 Å². The Balaban J connectivity index is 1.79. The van der Waals surface area contributed by atoms with E-state index in [1.54, 1.807) is 13.3 Å². The van der Waals surface area contributed by atoms with Gasteiger partial charge in [0.25, 0.3) is 0 Å². The minimum absolute atomic E-state index is 0.143. The number of rotatable bonds is 5. The van der Waals surface area contributed by atoms with Gasteiger partial charge in [-0.05, 0) is 61.1 Å². The predicted molar refractivity (Wildman–Crippen MR) is 105 cm³/mol. The van der Waals surface area contributed by atoms with E-state index in [9.17, 15) is 4.79 Å². The summed E-state index contributed by atoms with van der Waals surface area (Å²) >= 11 is 0. The first kappa shape index (κ1) is 18.0. The molecule has 0 spiro atoms. The molecule has 5 unspecified atom stereocenters. The summed E-state index contributed by atoms with van der Waals surface area (Å²) in [5, 5.41) is 0.954. The molecule has 5 nitrogen and oxygen atoms in total. The summed E-state index contributed by atoms with van der Waals surface area (Å²) in [5.74, 6) is 1.35. The molecule has 5 atom stereocenters. The molecule has 3 aliphatic heterocycles. The number of esters is 1. The number of nitrogens with zero attached hydrogens (tertiary/aromatic N) is 2. The Bertz CT molecular complexity index is 866. The van der Waals surface area contributed by atoms with Crippen molar-refractivity contribution in [3.63, 3.8) is 0 Å². The van der Waals surface area contributed by atoms with Gasteiger partial charge in [-0.15, -0.1) is 6.58 Å². The van der Waals surface area contributed by atoms with Crippen LogP contribution in [-0.2, 0) is 9.53 Å². The van der Waals surface area contributed by atoms with Crippen LogP contribution in [0.1, 0.15) is 24.3 Å². The smallest absolute Gasteiger partial charge is 0.314 e. The molecule has 3 aliphatic rings. The summed E-state index contributed by atoms with van der Waals surface area (Å²) in [6.07, 6.45) is 6.02. The highest BCUT2D eigenvalue weighted by atomic mass is 16.5. The van der Waals surface area contributed by atoms with E-state index in [2.05, 4.69) is 22.5 Å². The number of hydrogen-bond donors (Lipinski definition) is 0. The first-order valence-corrected chi connectivity index (χ1v) is 9.53. The number of methoxy groups -OCH3 is 2. The Labute approximate surface area is 160 Å². The van der Waals surface area contributed by atoms with E-state index in [1.165, 1.54) is 13.5 Å². The quantitative estimate of drug-likeness (QED) is 0.600. The Hall–Kier alpha value is -2.40. The van der Waals surface area contributed by atoms with Crippen molar-refractivity contribution in [2.45, 2.75) is 24.8 Å². The van der Waals surface area contributed by atoms with Crippen LogP contribution in [0.5, 0.6) is 5.75 Å². The highest BCUT2D eigenvalue weighted by Crippen LogP contribution is 2.43. The molecule has 5 rings (SSSR count). The average molecular weight is 366 g/mol. The fourth-order valence-electron chi connectivity index (χ4n) is 4.89. The number of aromatic nitrogens is 1. The van der Waals surface area contributed by atoms with Crippen molar-refractivity contribution in [1.29, 1.82) is 0 Å². The lowest BCUT2D eigenvalue weighted by Gasteiger charge is -2.51. The molecule has 0 aliphatic carbocycles. The highest BCUT2D eigenvalue weighted by molar-refractivity contribution is 5.90. The van der Waals surface area contributed by atoms with E-state index in [1.807, 2.05) is 24.3 Å². The molecule has 2 bridgehead atoms. The molecule has 0 radical (unpaired) electrons. The minimum Gasteiger partial charge on any atom is -0.497 e. The molecule has 4 heterocycles. The Kier molecular flexibility index (Phi) is 4.87. The van der Waals surface area contributed by atoms with Crippen molar-refractivity contribution in [3.05, 3.63) is 48.7 Å². The molecule has 0 saturated carbocycles. The minimum atomic E-state index is -0.332. The Morgan fingerprint density at radius 3 is 2.89 bits per heavy atom. The summed E-state index contributed by atoms with van der Waals surface area (Å²) in [7, 11) is 3.12. The van der Waals surface area contributed by atoms with Gasteiger partial charge in [0.05, 0.1) is 25.7 Å². The van der Waals surface area contributed by atoms with Crippen LogP contribution in [0.15, 0.2) is 43.1 Å². The Morgan fingerprint density at radius 2 is 2.22 bits per heavy atom. The lowest BCUT2D eigenvalue weighted by Crippen LogP contribution is -2.56. The molecule has 2 aromatic rings.